The number of hydrogen-bond donors (Lipinski definition) is 2. The van der Waals surface area contributed by atoms with Gasteiger partial charge in [0.25, 0.3) is 0 Å². The zero-order valence-electron chi connectivity index (χ0n) is 11.7. The number of carbonyl (C=O) groups excluding carboxylic acids is 1. The van der Waals surface area contributed by atoms with Gasteiger partial charge in [-0.1, -0.05) is 19.3 Å². The van der Waals surface area contributed by atoms with Crippen molar-refractivity contribution in [3.63, 3.8) is 0 Å². The molecule has 0 bridgehead atoms. The minimum absolute atomic E-state index is 0.0816. The fourth-order valence-electron chi connectivity index (χ4n) is 2.61. The maximum absolute atomic E-state index is 11.2. The van der Waals surface area contributed by atoms with Crippen LogP contribution in [0.3, 0.4) is 0 Å². The summed E-state index contributed by atoms with van der Waals surface area (Å²) in [6, 6.07) is 0.419. The first-order chi connectivity index (χ1) is 8.63. The third-order valence-corrected chi connectivity index (χ3v) is 3.74. The van der Waals surface area contributed by atoms with E-state index in [1.807, 2.05) is 0 Å². The molecule has 106 valence electrons. The first kappa shape index (κ1) is 15.4. The van der Waals surface area contributed by atoms with Gasteiger partial charge in [-0.15, -0.1) is 0 Å². The van der Waals surface area contributed by atoms with E-state index in [0.29, 0.717) is 25.1 Å². The summed E-state index contributed by atoms with van der Waals surface area (Å²) < 4.78 is 4.81. The summed E-state index contributed by atoms with van der Waals surface area (Å²) in [5.41, 5.74) is 0. The van der Waals surface area contributed by atoms with Gasteiger partial charge in [-0.2, -0.15) is 0 Å². The van der Waals surface area contributed by atoms with Gasteiger partial charge in [0.2, 0.25) is 0 Å². The predicted octanol–water partition coefficient (Wildman–Crippen LogP) is 1.86. The molecule has 4 nitrogen and oxygen atoms in total. The van der Waals surface area contributed by atoms with Crippen molar-refractivity contribution in [2.45, 2.75) is 64.5 Å². The number of rotatable bonds is 7. The molecule has 0 aromatic heterocycles. The highest BCUT2D eigenvalue weighted by Crippen LogP contribution is 2.26. The molecule has 18 heavy (non-hydrogen) atoms. The lowest BCUT2D eigenvalue weighted by molar-refractivity contribution is -0.145. The van der Waals surface area contributed by atoms with Crippen LogP contribution >= 0.6 is 0 Å². The summed E-state index contributed by atoms with van der Waals surface area (Å²) in [5.74, 6) is 0.394. The Morgan fingerprint density at radius 1 is 1.39 bits per heavy atom. The Kier molecular flexibility index (Phi) is 7.28. The molecule has 1 rings (SSSR count). The number of aliphatic hydroxyl groups is 1. The molecule has 1 saturated carbocycles. The number of carbonyl (C=O) groups is 1. The Bertz CT molecular complexity index is 239. The summed E-state index contributed by atoms with van der Waals surface area (Å²) in [6.07, 6.45) is 6.00. The Labute approximate surface area is 110 Å². The van der Waals surface area contributed by atoms with E-state index in [0.717, 1.165) is 0 Å². The van der Waals surface area contributed by atoms with Crippen LogP contribution in [-0.2, 0) is 9.53 Å². The van der Waals surface area contributed by atoms with Gasteiger partial charge in [-0.25, -0.2) is 0 Å². The Morgan fingerprint density at radius 3 is 2.67 bits per heavy atom. The zero-order chi connectivity index (χ0) is 13.4. The van der Waals surface area contributed by atoms with Crippen LogP contribution in [0.15, 0.2) is 0 Å². The van der Waals surface area contributed by atoms with E-state index >= 15 is 0 Å². The van der Waals surface area contributed by atoms with Crippen LogP contribution in [0.5, 0.6) is 0 Å². The molecule has 0 radical (unpaired) electrons. The molecule has 4 heteroatoms. The summed E-state index contributed by atoms with van der Waals surface area (Å²) in [7, 11) is 0. The van der Waals surface area contributed by atoms with Crippen molar-refractivity contribution in [1.29, 1.82) is 0 Å². The predicted molar refractivity (Wildman–Crippen MR) is 71.3 cm³/mol. The normalized spacial score (nSPS) is 20.4. The number of ether oxygens (including phenoxy) is 1. The largest absolute Gasteiger partial charge is 0.466 e. The monoisotopic (exact) mass is 257 g/mol. The standard InChI is InChI=1S/C14H27NO3/c1-3-18-14(17)9-13(16)10-15-11(2)12-7-5-4-6-8-12/h11-13,15-16H,3-10H2,1-2H3. The smallest absolute Gasteiger partial charge is 0.308 e. The molecule has 0 aromatic rings. The molecule has 0 aromatic carbocycles. The topological polar surface area (TPSA) is 58.6 Å². The third-order valence-electron chi connectivity index (χ3n) is 3.74. The van der Waals surface area contributed by atoms with Crippen LogP contribution in [0.25, 0.3) is 0 Å². The zero-order valence-corrected chi connectivity index (χ0v) is 11.7. The number of hydrogen-bond acceptors (Lipinski definition) is 4. The third kappa shape index (κ3) is 5.83. The van der Waals surface area contributed by atoms with Gasteiger partial charge in [0.05, 0.1) is 19.1 Å². The second kappa shape index (κ2) is 8.48. The van der Waals surface area contributed by atoms with E-state index in [4.69, 9.17) is 4.74 Å². The quantitative estimate of drug-likeness (QED) is 0.683. The molecular formula is C14H27NO3. The SMILES string of the molecule is CCOC(=O)CC(O)CNC(C)C1CCCCC1. The van der Waals surface area contributed by atoms with Gasteiger partial charge >= 0.3 is 5.97 Å². The molecule has 0 aliphatic heterocycles. The second-order valence-electron chi connectivity index (χ2n) is 5.26. The maximum Gasteiger partial charge on any atom is 0.308 e. The van der Waals surface area contributed by atoms with Crippen LogP contribution in [-0.4, -0.2) is 36.4 Å². The minimum Gasteiger partial charge on any atom is -0.466 e. The number of aliphatic hydroxyl groups excluding tert-OH is 1. The lowest BCUT2D eigenvalue weighted by Crippen LogP contribution is -2.39. The fraction of sp³-hybridized carbons (Fsp3) is 0.929. The van der Waals surface area contributed by atoms with E-state index in [2.05, 4.69) is 12.2 Å². The minimum atomic E-state index is -0.643. The molecule has 2 N–H and O–H groups in total. The molecule has 0 spiro atoms. The summed E-state index contributed by atoms with van der Waals surface area (Å²) in [5, 5.41) is 13.1. The highest BCUT2D eigenvalue weighted by molar-refractivity contribution is 5.69. The second-order valence-corrected chi connectivity index (χ2v) is 5.26. The fourth-order valence-corrected chi connectivity index (χ4v) is 2.61. The summed E-state index contributed by atoms with van der Waals surface area (Å²) in [6.45, 7) is 4.79. The van der Waals surface area contributed by atoms with Crippen LogP contribution in [0.4, 0.5) is 0 Å². The molecule has 0 amide bonds. The summed E-state index contributed by atoms with van der Waals surface area (Å²) in [4.78, 5) is 11.2. The van der Waals surface area contributed by atoms with Gasteiger partial charge in [0.15, 0.2) is 0 Å². The van der Waals surface area contributed by atoms with E-state index in [1.165, 1.54) is 32.1 Å². The highest BCUT2D eigenvalue weighted by Gasteiger charge is 2.20. The Morgan fingerprint density at radius 2 is 2.06 bits per heavy atom. The lowest BCUT2D eigenvalue weighted by Gasteiger charge is -2.29. The molecular weight excluding hydrogens is 230 g/mol. The molecule has 2 atom stereocenters. The van der Waals surface area contributed by atoms with Gasteiger partial charge in [0.1, 0.15) is 0 Å². The van der Waals surface area contributed by atoms with Crippen molar-refractivity contribution in [1.82, 2.24) is 5.32 Å². The van der Waals surface area contributed by atoms with Gasteiger partial charge < -0.3 is 15.2 Å². The summed E-state index contributed by atoms with van der Waals surface area (Å²) >= 11 is 0. The van der Waals surface area contributed by atoms with E-state index in [1.54, 1.807) is 6.92 Å². The van der Waals surface area contributed by atoms with Crippen LogP contribution in [0.1, 0.15) is 52.4 Å². The van der Waals surface area contributed by atoms with Gasteiger partial charge in [-0.05, 0) is 32.6 Å². The lowest BCUT2D eigenvalue weighted by atomic mass is 9.84. The van der Waals surface area contributed by atoms with Crippen molar-refractivity contribution in [3.05, 3.63) is 0 Å². The first-order valence-corrected chi connectivity index (χ1v) is 7.20. The molecule has 1 fully saturated rings. The van der Waals surface area contributed by atoms with Gasteiger partial charge in [-0.3, -0.25) is 4.79 Å². The van der Waals surface area contributed by atoms with Crippen molar-refractivity contribution in [3.8, 4) is 0 Å². The maximum atomic E-state index is 11.2. The first-order valence-electron chi connectivity index (χ1n) is 7.20. The average Bonchev–Trinajstić information content (AvgIpc) is 2.37. The molecule has 0 saturated heterocycles. The Balaban J connectivity index is 2.16. The molecule has 0 heterocycles. The highest BCUT2D eigenvalue weighted by atomic mass is 16.5. The average molecular weight is 257 g/mol. The van der Waals surface area contributed by atoms with Crippen molar-refractivity contribution >= 4 is 5.97 Å². The van der Waals surface area contributed by atoms with E-state index in [-0.39, 0.29) is 12.4 Å². The molecule has 1 aliphatic carbocycles. The van der Waals surface area contributed by atoms with Crippen molar-refractivity contribution < 1.29 is 14.6 Å². The van der Waals surface area contributed by atoms with Gasteiger partial charge in [0, 0.05) is 12.6 Å². The number of esters is 1. The number of nitrogens with one attached hydrogen (secondary N) is 1. The Hall–Kier alpha value is -0.610. The van der Waals surface area contributed by atoms with Crippen LogP contribution in [0, 0.1) is 5.92 Å². The van der Waals surface area contributed by atoms with Crippen LogP contribution < -0.4 is 5.32 Å². The molecule has 1 aliphatic rings. The van der Waals surface area contributed by atoms with Crippen LogP contribution in [0.2, 0.25) is 0 Å². The van der Waals surface area contributed by atoms with Crippen molar-refractivity contribution in [2.24, 2.45) is 5.92 Å². The van der Waals surface area contributed by atoms with E-state index < -0.39 is 6.10 Å². The molecule has 2 unspecified atom stereocenters. The van der Waals surface area contributed by atoms with E-state index in [9.17, 15) is 9.90 Å². The van der Waals surface area contributed by atoms with Crippen molar-refractivity contribution in [2.75, 3.05) is 13.2 Å².